The largest absolute Gasteiger partial charge is 0.484 e. The van der Waals surface area contributed by atoms with Crippen LogP contribution in [-0.4, -0.2) is 31.5 Å². The minimum absolute atomic E-state index is 0.0824. The van der Waals surface area contributed by atoms with Gasteiger partial charge in [0.1, 0.15) is 5.75 Å². The Bertz CT molecular complexity index is 752. The van der Waals surface area contributed by atoms with E-state index in [4.69, 9.17) is 10.00 Å². The predicted octanol–water partition coefficient (Wildman–Crippen LogP) is 2.11. The second-order valence-electron chi connectivity index (χ2n) is 5.28. The number of hydrogen-bond acceptors (Lipinski definition) is 4. The molecule has 0 spiro atoms. The van der Waals surface area contributed by atoms with Crippen LogP contribution in [0.25, 0.3) is 0 Å². The molecule has 0 fully saturated rings. The molecule has 6 nitrogen and oxygen atoms in total. The number of rotatable bonds is 7. The lowest BCUT2D eigenvalue weighted by molar-refractivity contribution is -0.123. The second kappa shape index (κ2) is 9.08. The van der Waals surface area contributed by atoms with E-state index in [1.165, 1.54) is 6.92 Å². The summed E-state index contributed by atoms with van der Waals surface area (Å²) in [6, 6.07) is 17.8. The summed E-state index contributed by atoms with van der Waals surface area (Å²) >= 11 is 0. The molecule has 0 saturated heterocycles. The number of hydrogen-bond donors (Lipinski definition) is 1. The number of carbonyl (C=O) groups excluding carboxylic acids is 2. The molecule has 0 aromatic heterocycles. The fourth-order valence-corrected chi connectivity index (χ4v) is 2.21. The summed E-state index contributed by atoms with van der Waals surface area (Å²) in [5, 5.41) is 11.5. The minimum Gasteiger partial charge on any atom is -0.484 e. The number of anilines is 1. The predicted molar refractivity (Wildman–Crippen MR) is 94.1 cm³/mol. The fourth-order valence-electron chi connectivity index (χ4n) is 2.21. The van der Waals surface area contributed by atoms with Crippen LogP contribution < -0.4 is 15.0 Å². The van der Waals surface area contributed by atoms with Gasteiger partial charge in [0.2, 0.25) is 5.91 Å². The van der Waals surface area contributed by atoms with E-state index in [1.807, 2.05) is 24.3 Å². The van der Waals surface area contributed by atoms with Crippen LogP contribution in [0.1, 0.15) is 12.5 Å². The van der Waals surface area contributed by atoms with Gasteiger partial charge in [0.15, 0.2) is 6.61 Å². The van der Waals surface area contributed by atoms with E-state index in [-0.39, 0.29) is 18.4 Å². The van der Waals surface area contributed by atoms with E-state index in [0.717, 1.165) is 0 Å². The van der Waals surface area contributed by atoms with Crippen LogP contribution in [0.15, 0.2) is 54.6 Å². The summed E-state index contributed by atoms with van der Waals surface area (Å²) in [6.07, 6.45) is 0. The highest BCUT2D eigenvalue weighted by molar-refractivity contribution is 5.91. The molecule has 0 radical (unpaired) electrons. The lowest BCUT2D eigenvalue weighted by Crippen LogP contribution is -2.39. The molecule has 2 aromatic carbocycles. The maximum atomic E-state index is 11.8. The number of ether oxygens (including phenoxy) is 1. The number of nitrogens with zero attached hydrogens (tertiary/aromatic N) is 2. The van der Waals surface area contributed by atoms with Crippen LogP contribution in [0.4, 0.5) is 5.69 Å². The molecule has 0 unspecified atom stereocenters. The van der Waals surface area contributed by atoms with Crippen molar-refractivity contribution in [2.45, 2.75) is 6.92 Å². The van der Waals surface area contributed by atoms with Crippen LogP contribution in [0.3, 0.4) is 0 Å². The monoisotopic (exact) mass is 337 g/mol. The van der Waals surface area contributed by atoms with Gasteiger partial charge in [-0.2, -0.15) is 5.26 Å². The standard InChI is InChI=1S/C19H19N3O3/c1-15(23)22(17-9-7-16(13-20)8-10-17)12-11-21-19(24)14-25-18-5-3-2-4-6-18/h2-10H,11-12,14H2,1H3,(H,21,24). The number of carbonyl (C=O) groups is 2. The van der Waals surface area contributed by atoms with E-state index in [0.29, 0.717) is 30.1 Å². The third kappa shape index (κ3) is 5.66. The van der Waals surface area contributed by atoms with Crippen LogP contribution >= 0.6 is 0 Å². The SMILES string of the molecule is CC(=O)N(CCNC(=O)COc1ccccc1)c1ccc(C#N)cc1. The second-order valence-corrected chi connectivity index (χ2v) is 5.28. The minimum atomic E-state index is -0.257. The van der Waals surface area contributed by atoms with Gasteiger partial charge >= 0.3 is 0 Å². The molecule has 2 rings (SSSR count). The normalized spacial score (nSPS) is 9.76. The third-order valence-electron chi connectivity index (χ3n) is 3.46. The molecule has 0 saturated carbocycles. The number of nitrogens with one attached hydrogen (secondary N) is 1. The van der Waals surface area contributed by atoms with Crippen LogP contribution in [-0.2, 0) is 9.59 Å². The fraction of sp³-hybridized carbons (Fsp3) is 0.211. The molecule has 6 heteroatoms. The van der Waals surface area contributed by atoms with Crippen molar-refractivity contribution in [3.8, 4) is 11.8 Å². The Morgan fingerprint density at radius 2 is 1.80 bits per heavy atom. The zero-order chi connectivity index (χ0) is 18.1. The topological polar surface area (TPSA) is 82.4 Å². The van der Waals surface area contributed by atoms with Gasteiger partial charge in [0.05, 0.1) is 11.6 Å². The summed E-state index contributed by atoms with van der Waals surface area (Å²) in [7, 11) is 0. The lowest BCUT2D eigenvalue weighted by Gasteiger charge is -2.21. The van der Waals surface area contributed by atoms with E-state index in [1.54, 1.807) is 41.3 Å². The Kier molecular flexibility index (Phi) is 6.55. The van der Waals surface area contributed by atoms with E-state index in [2.05, 4.69) is 5.32 Å². The van der Waals surface area contributed by atoms with Gasteiger partial charge in [-0.25, -0.2) is 0 Å². The van der Waals surface area contributed by atoms with Crippen LogP contribution in [0, 0.1) is 11.3 Å². The first-order chi connectivity index (χ1) is 12.1. The molecule has 2 aromatic rings. The molecular formula is C19H19N3O3. The Morgan fingerprint density at radius 1 is 1.12 bits per heavy atom. The van der Waals surface area contributed by atoms with Crippen molar-refractivity contribution in [2.24, 2.45) is 0 Å². The maximum absolute atomic E-state index is 11.8. The first kappa shape index (κ1) is 18.0. The zero-order valence-electron chi connectivity index (χ0n) is 13.9. The van der Waals surface area contributed by atoms with E-state index < -0.39 is 0 Å². The average molecular weight is 337 g/mol. The molecule has 0 aliphatic carbocycles. The zero-order valence-corrected chi connectivity index (χ0v) is 13.9. The number of nitriles is 1. The smallest absolute Gasteiger partial charge is 0.258 e. The molecule has 2 amide bonds. The molecule has 0 aliphatic rings. The molecule has 0 heterocycles. The summed E-state index contributed by atoms with van der Waals surface area (Å²) in [5.74, 6) is 0.229. The quantitative estimate of drug-likeness (QED) is 0.839. The lowest BCUT2D eigenvalue weighted by atomic mass is 10.2. The van der Waals surface area contributed by atoms with Crippen LogP contribution in [0.2, 0.25) is 0 Å². The highest BCUT2D eigenvalue weighted by atomic mass is 16.5. The molecule has 0 bridgehead atoms. The molecule has 0 aliphatic heterocycles. The van der Waals surface area contributed by atoms with Gasteiger partial charge in [0, 0.05) is 25.7 Å². The van der Waals surface area contributed by atoms with Crippen molar-refractivity contribution in [2.75, 3.05) is 24.6 Å². The molecule has 1 N–H and O–H groups in total. The summed E-state index contributed by atoms with van der Waals surface area (Å²) in [4.78, 5) is 25.2. The first-order valence-electron chi connectivity index (χ1n) is 7.83. The summed E-state index contributed by atoms with van der Waals surface area (Å²) < 4.78 is 5.36. The maximum Gasteiger partial charge on any atom is 0.258 e. The van der Waals surface area contributed by atoms with Crippen molar-refractivity contribution in [3.63, 3.8) is 0 Å². The van der Waals surface area contributed by atoms with E-state index in [9.17, 15) is 9.59 Å². The Labute approximate surface area is 146 Å². The van der Waals surface area contributed by atoms with Gasteiger partial charge in [-0.3, -0.25) is 9.59 Å². The van der Waals surface area contributed by atoms with Crippen molar-refractivity contribution in [1.82, 2.24) is 5.32 Å². The van der Waals surface area contributed by atoms with Gasteiger partial charge in [-0.1, -0.05) is 18.2 Å². The van der Waals surface area contributed by atoms with Crippen molar-refractivity contribution in [1.29, 1.82) is 5.26 Å². The third-order valence-corrected chi connectivity index (χ3v) is 3.46. The summed E-state index contributed by atoms with van der Waals surface area (Å²) in [6.45, 7) is 2.01. The van der Waals surface area contributed by atoms with Gasteiger partial charge in [-0.15, -0.1) is 0 Å². The highest BCUT2D eigenvalue weighted by Crippen LogP contribution is 2.15. The Balaban J connectivity index is 1.81. The number of para-hydroxylation sites is 1. The first-order valence-corrected chi connectivity index (χ1v) is 7.83. The van der Waals surface area contributed by atoms with Crippen molar-refractivity contribution < 1.29 is 14.3 Å². The van der Waals surface area contributed by atoms with Gasteiger partial charge in [0.25, 0.3) is 5.91 Å². The van der Waals surface area contributed by atoms with Gasteiger partial charge < -0.3 is 15.0 Å². The Morgan fingerprint density at radius 3 is 2.40 bits per heavy atom. The summed E-state index contributed by atoms with van der Waals surface area (Å²) in [5.41, 5.74) is 1.21. The molecule has 0 atom stereocenters. The number of amides is 2. The van der Waals surface area contributed by atoms with Crippen molar-refractivity contribution >= 4 is 17.5 Å². The molecular weight excluding hydrogens is 318 g/mol. The van der Waals surface area contributed by atoms with Crippen LogP contribution in [0.5, 0.6) is 5.75 Å². The van der Waals surface area contributed by atoms with E-state index >= 15 is 0 Å². The van der Waals surface area contributed by atoms with Crippen molar-refractivity contribution in [3.05, 3.63) is 60.2 Å². The number of benzene rings is 2. The molecule has 25 heavy (non-hydrogen) atoms. The molecule has 128 valence electrons. The van der Waals surface area contributed by atoms with Gasteiger partial charge in [-0.05, 0) is 36.4 Å². The Hall–Kier alpha value is -3.33. The highest BCUT2D eigenvalue weighted by Gasteiger charge is 2.12. The average Bonchev–Trinajstić information content (AvgIpc) is 2.64.